The number of hydrogen-bond acceptors (Lipinski definition) is 4. The largest absolute Gasteiger partial charge is 0.376 e. The van der Waals surface area contributed by atoms with Crippen LogP contribution < -0.4 is 5.32 Å². The van der Waals surface area contributed by atoms with Gasteiger partial charge in [-0.1, -0.05) is 19.3 Å². The molecule has 0 aliphatic heterocycles. The van der Waals surface area contributed by atoms with E-state index in [0.717, 1.165) is 19.0 Å². The molecule has 0 spiro atoms. The van der Waals surface area contributed by atoms with Gasteiger partial charge in [0.1, 0.15) is 5.82 Å². The van der Waals surface area contributed by atoms with Crippen LogP contribution in [-0.2, 0) is 4.74 Å². The molecule has 1 heterocycles. The molecule has 0 amide bonds. The van der Waals surface area contributed by atoms with Crippen molar-refractivity contribution in [3.63, 3.8) is 0 Å². The fourth-order valence-electron chi connectivity index (χ4n) is 2.03. The summed E-state index contributed by atoms with van der Waals surface area (Å²) in [5, 5.41) is 3.19. The van der Waals surface area contributed by atoms with Crippen molar-refractivity contribution in [1.29, 1.82) is 0 Å². The van der Waals surface area contributed by atoms with Crippen molar-refractivity contribution in [3.8, 4) is 0 Å². The van der Waals surface area contributed by atoms with Crippen molar-refractivity contribution >= 4 is 5.82 Å². The van der Waals surface area contributed by atoms with Crippen LogP contribution in [0.3, 0.4) is 0 Å². The molecule has 0 bridgehead atoms. The van der Waals surface area contributed by atoms with E-state index in [0.29, 0.717) is 6.10 Å². The molecule has 1 aliphatic carbocycles. The van der Waals surface area contributed by atoms with E-state index in [1.165, 1.54) is 32.1 Å². The lowest BCUT2D eigenvalue weighted by atomic mass is 9.98. The summed E-state index contributed by atoms with van der Waals surface area (Å²) in [5.74, 6) is 0.815. The van der Waals surface area contributed by atoms with Gasteiger partial charge in [-0.3, -0.25) is 4.98 Å². The second kappa shape index (κ2) is 6.43. The fourth-order valence-corrected chi connectivity index (χ4v) is 2.03. The third-order valence-electron chi connectivity index (χ3n) is 2.88. The molecule has 1 aliphatic rings. The van der Waals surface area contributed by atoms with E-state index in [2.05, 4.69) is 15.3 Å². The Bertz CT molecular complexity index is 286. The summed E-state index contributed by atoms with van der Waals surface area (Å²) in [7, 11) is 0. The minimum Gasteiger partial charge on any atom is -0.376 e. The van der Waals surface area contributed by atoms with Crippen LogP contribution in [0.2, 0.25) is 0 Å². The topological polar surface area (TPSA) is 47.0 Å². The first-order valence-corrected chi connectivity index (χ1v) is 6.06. The highest BCUT2D eigenvalue weighted by atomic mass is 16.5. The molecule has 1 aromatic rings. The molecule has 0 radical (unpaired) electrons. The van der Waals surface area contributed by atoms with Gasteiger partial charge in [-0.15, -0.1) is 0 Å². The van der Waals surface area contributed by atoms with Crippen LogP contribution >= 0.6 is 0 Å². The molecule has 88 valence electrons. The van der Waals surface area contributed by atoms with Crippen molar-refractivity contribution in [2.24, 2.45) is 0 Å². The van der Waals surface area contributed by atoms with E-state index in [4.69, 9.17) is 4.74 Å². The molecule has 1 fully saturated rings. The van der Waals surface area contributed by atoms with Crippen LogP contribution in [0.1, 0.15) is 32.1 Å². The maximum atomic E-state index is 5.79. The van der Waals surface area contributed by atoms with Crippen molar-refractivity contribution in [2.45, 2.75) is 38.2 Å². The number of ether oxygens (including phenoxy) is 1. The molecule has 0 saturated heterocycles. The predicted octanol–water partition coefficient (Wildman–Crippen LogP) is 2.24. The van der Waals surface area contributed by atoms with E-state index in [1.807, 2.05) is 0 Å². The van der Waals surface area contributed by atoms with Gasteiger partial charge in [0.15, 0.2) is 0 Å². The molecule has 16 heavy (non-hydrogen) atoms. The van der Waals surface area contributed by atoms with Crippen LogP contribution in [0.5, 0.6) is 0 Å². The molecule has 0 unspecified atom stereocenters. The van der Waals surface area contributed by atoms with Gasteiger partial charge in [0.25, 0.3) is 0 Å². The summed E-state index contributed by atoms with van der Waals surface area (Å²) in [6, 6.07) is 0. The zero-order valence-corrected chi connectivity index (χ0v) is 9.56. The van der Waals surface area contributed by atoms with Crippen molar-refractivity contribution in [1.82, 2.24) is 9.97 Å². The zero-order valence-electron chi connectivity index (χ0n) is 9.56. The lowest BCUT2D eigenvalue weighted by molar-refractivity contribution is 0.0347. The first-order chi connectivity index (χ1) is 7.95. The third-order valence-corrected chi connectivity index (χ3v) is 2.88. The molecule has 1 N–H and O–H groups in total. The van der Waals surface area contributed by atoms with Gasteiger partial charge in [0, 0.05) is 18.9 Å². The van der Waals surface area contributed by atoms with Crippen LogP contribution in [0.25, 0.3) is 0 Å². The summed E-state index contributed by atoms with van der Waals surface area (Å²) in [4.78, 5) is 8.12. The zero-order chi connectivity index (χ0) is 11.1. The highest BCUT2D eigenvalue weighted by Gasteiger charge is 2.12. The van der Waals surface area contributed by atoms with Gasteiger partial charge < -0.3 is 10.1 Å². The maximum Gasteiger partial charge on any atom is 0.144 e. The molecule has 0 aromatic carbocycles. The molecular formula is C12H19N3O. The minimum absolute atomic E-state index is 0.484. The van der Waals surface area contributed by atoms with E-state index in [-0.39, 0.29) is 0 Å². The van der Waals surface area contributed by atoms with Gasteiger partial charge in [-0.2, -0.15) is 0 Å². The van der Waals surface area contributed by atoms with Crippen molar-refractivity contribution < 1.29 is 4.74 Å². The smallest absolute Gasteiger partial charge is 0.144 e. The molecular weight excluding hydrogens is 202 g/mol. The molecule has 4 heteroatoms. The predicted molar refractivity (Wildman–Crippen MR) is 63.3 cm³/mol. The second-order valence-electron chi connectivity index (χ2n) is 4.15. The lowest BCUT2D eigenvalue weighted by Gasteiger charge is -2.22. The number of rotatable bonds is 5. The number of anilines is 1. The highest BCUT2D eigenvalue weighted by molar-refractivity contribution is 5.29. The molecule has 2 rings (SSSR count). The first-order valence-electron chi connectivity index (χ1n) is 6.06. The number of nitrogens with zero attached hydrogens (tertiary/aromatic N) is 2. The average Bonchev–Trinajstić information content (AvgIpc) is 2.37. The Morgan fingerprint density at radius 2 is 2.12 bits per heavy atom. The van der Waals surface area contributed by atoms with Gasteiger partial charge in [0.2, 0.25) is 0 Å². The van der Waals surface area contributed by atoms with Gasteiger partial charge in [0.05, 0.1) is 18.9 Å². The molecule has 1 saturated carbocycles. The van der Waals surface area contributed by atoms with Crippen LogP contribution in [0, 0.1) is 0 Å². The number of nitrogens with one attached hydrogen (secondary N) is 1. The van der Waals surface area contributed by atoms with E-state index in [9.17, 15) is 0 Å². The average molecular weight is 221 g/mol. The Morgan fingerprint density at radius 1 is 1.25 bits per heavy atom. The monoisotopic (exact) mass is 221 g/mol. The molecule has 0 atom stereocenters. The standard InChI is InChI=1S/C12H19N3O/c1-2-4-11(5-3-1)16-9-8-15-12-10-13-6-7-14-12/h6-7,10-11H,1-5,8-9H2,(H,14,15). The fraction of sp³-hybridized carbons (Fsp3) is 0.667. The number of aromatic nitrogens is 2. The molecule has 4 nitrogen and oxygen atoms in total. The van der Waals surface area contributed by atoms with E-state index < -0.39 is 0 Å². The van der Waals surface area contributed by atoms with E-state index in [1.54, 1.807) is 18.6 Å². The normalized spacial score (nSPS) is 17.2. The summed E-state index contributed by atoms with van der Waals surface area (Å²) >= 11 is 0. The second-order valence-corrected chi connectivity index (χ2v) is 4.15. The van der Waals surface area contributed by atoms with Crippen LogP contribution in [0.15, 0.2) is 18.6 Å². The van der Waals surface area contributed by atoms with Crippen molar-refractivity contribution in [3.05, 3.63) is 18.6 Å². The first kappa shape index (κ1) is 11.3. The highest BCUT2D eigenvalue weighted by Crippen LogP contribution is 2.19. The number of hydrogen-bond donors (Lipinski definition) is 1. The SMILES string of the molecule is c1cnc(NCCOC2CCCCC2)cn1. The van der Waals surface area contributed by atoms with Crippen LogP contribution in [-0.4, -0.2) is 29.2 Å². The summed E-state index contributed by atoms with van der Waals surface area (Å²) in [5.41, 5.74) is 0. The third kappa shape index (κ3) is 3.77. The Morgan fingerprint density at radius 3 is 2.88 bits per heavy atom. The lowest BCUT2D eigenvalue weighted by Crippen LogP contribution is -2.20. The van der Waals surface area contributed by atoms with Crippen molar-refractivity contribution in [2.75, 3.05) is 18.5 Å². The van der Waals surface area contributed by atoms with Crippen LogP contribution in [0.4, 0.5) is 5.82 Å². The Balaban J connectivity index is 1.58. The quantitative estimate of drug-likeness (QED) is 0.775. The minimum atomic E-state index is 0.484. The Hall–Kier alpha value is -1.16. The molecule has 1 aromatic heterocycles. The summed E-state index contributed by atoms with van der Waals surface area (Å²) < 4.78 is 5.79. The Labute approximate surface area is 96.4 Å². The van der Waals surface area contributed by atoms with Gasteiger partial charge in [-0.25, -0.2) is 4.98 Å². The Kier molecular flexibility index (Phi) is 4.55. The van der Waals surface area contributed by atoms with Gasteiger partial charge in [-0.05, 0) is 12.8 Å². The summed E-state index contributed by atoms with van der Waals surface area (Å²) in [6.45, 7) is 1.55. The van der Waals surface area contributed by atoms with E-state index >= 15 is 0 Å². The maximum absolute atomic E-state index is 5.79. The summed E-state index contributed by atoms with van der Waals surface area (Å²) in [6.07, 6.45) is 12.0. The van der Waals surface area contributed by atoms with Gasteiger partial charge >= 0.3 is 0 Å².